The maximum Gasteiger partial charge on any atom is 0.350 e. The molecule has 2 heterocycles. The van der Waals surface area contributed by atoms with E-state index in [1.807, 2.05) is 6.92 Å². The van der Waals surface area contributed by atoms with Crippen LogP contribution in [0.15, 0.2) is 28.8 Å². The van der Waals surface area contributed by atoms with Gasteiger partial charge in [0.1, 0.15) is 4.88 Å². The fraction of sp³-hybridized carbons (Fsp3) is 0.333. The van der Waals surface area contributed by atoms with Gasteiger partial charge in [0, 0.05) is 30.6 Å². The Balaban J connectivity index is 1.51. The Morgan fingerprint density at radius 3 is 2.53 bits per heavy atom. The van der Waals surface area contributed by atoms with Crippen LogP contribution in [0, 0.1) is 6.92 Å². The second-order valence-electron chi connectivity index (χ2n) is 6.61. The third-order valence-corrected chi connectivity index (χ3v) is 5.44. The first kappa shape index (κ1) is 23.1. The average Bonchev–Trinajstić information content (AvgIpc) is 3.43. The van der Waals surface area contributed by atoms with Crippen molar-refractivity contribution in [1.29, 1.82) is 0 Å². The average molecular weight is 458 g/mol. The molecule has 2 amide bonds. The maximum atomic E-state index is 12.4. The summed E-state index contributed by atoms with van der Waals surface area (Å²) in [5.41, 5.74) is 1.55. The van der Waals surface area contributed by atoms with E-state index in [-0.39, 0.29) is 30.6 Å². The summed E-state index contributed by atoms with van der Waals surface area (Å²) in [6, 6.07) is 6.88. The largest absolute Gasteiger partial charge is 0.462 e. The van der Waals surface area contributed by atoms with Crippen LogP contribution in [0.2, 0.25) is 0 Å². The molecule has 1 aromatic carbocycles. The Kier molecular flexibility index (Phi) is 7.66. The molecule has 2 aromatic heterocycles. The number of hydrogen-bond acceptors (Lipinski definition) is 9. The molecular weight excluding hydrogens is 434 g/mol. The van der Waals surface area contributed by atoms with E-state index in [9.17, 15) is 14.4 Å². The summed E-state index contributed by atoms with van der Waals surface area (Å²) in [7, 11) is 0. The fourth-order valence-corrected chi connectivity index (χ4v) is 3.60. The lowest BCUT2D eigenvalue weighted by Gasteiger charge is -2.07. The van der Waals surface area contributed by atoms with Crippen molar-refractivity contribution in [2.45, 2.75) is 27.2 Å². The second kappa shape index (κ2) is 10.6. The molecule has 10 nitrogen and oxygen atoms in total. The monoisotopic (exact) mass is 457 g/mol. The highest BCUT2D eigenvalue weighted by atomic mass is 32.1. The Morgan fingerprint density at radius 1 is 1.09 bits per heavy atom. The number of esters is 1. The van der Waals surface area contributed by atoms with E-state index in [4.69, 9.17) is 9.26 Å². The second-order valence-corrected chi connectivity index (χ2v) is 7.61. The summed E-state index contributed by atoms with van der Waals surface area (Å²) in [4.78, 5) is 45.3. The van der Waals surface area contributed by atoms with Crippen molar-refractivity contribution in [2.24, 2.45) is 0 Å². The minimum atomic E-state index is -0.497. The normalized spacial score (nSPS) is 10.6. The maximum absolute atomic E-state index is 12.4. The molecule has 0 radical (unpaired) electrons. The van der Waals surface area contributed by atoms with Crippen LogP contribution in [0.3, 0.4) is 0 Å². The summed E-state index contributed by atoms with van der Waals surface area (Å²) < 4.78 is 10.1. The fourth-order valence-electron chi connectivity index (χ4n) is 2.72. The molecule has 0 saturated heterocycles. The van der Waals surface area contributed by atoms with Gasteiger partial charge >= 0.3 is 5.97 Å². The highest BCUT2D eigenvalue weighted by molar-refractivity contribution is 7.15. The van der Waals surface area contributed by atoms with E-state index in [1.165, 1.54) is 0 Å². The number of hydrogen-bond donors (Lipinski definition) is 2. The first-order valence-electron chi connectivity index (χ1n) is 10.1. The molecule has 11 heteroatoms. The van der Waals surface area contributed by atoms with Crippen LogP contribution in [0.1, 0.15) is 55.3 Å². The standard InChI is InChI=1S/C21H23N5O5S/c1-4-15-25-17(26-31-15)13-7-6-8-14(11-13)18(27)22-9-10-23-19(28)20-24-12(3)16(32-20)21(29)30-5-2/h6-8,11H,4-5,9-10H2,1-3H3,(H,22,27)(H,23,28). The van der Waals surface area contributed by atoms with Crippen LogP contribution in [-0.2, 0) is 11.2 Å². The Hall–Kier alpha value is -3.60. The number of carbonyl (C=O) groups excluding carboxylic acids is 3. The molecule has 3 rings (SSSR count). The van der Waals surface area contributed by atoms with E-state index < -0.39 is 11.9 Å². The van der Waals surface area contributed by atoms with Gasteiger partial charge in [-0.1, -0.05) is 24.2 Å². The Bertz CT molecular complexity index is 1120. The van der Waals surface area contributed by atoms with Gasteiger partial charge in [-0.05, 0) is 26.0 Å². The first-order valence-corrected chi connectivity index (χ1v) is 10.9. The quantitative estimate of drug-likeness (QED) is 0.369. The zero-order valence-electron chi connectivity index (χ0n) is 17.9. The lowest BCUT2D eigenvalue weighted by atomic mass is 10.1. The van der Waals surface area contributed by atoms with Gasteiger partial charge in [-0.15, -0.1) is 11.3 Å². The van der Waals surface area contributed by atoms with Crippen molar-refractivity contribution in [3.63, 3.8) is 0 Å². The van der Waals surface area contributed by atoms with Gasteiger partial charge in [0.2, 0.25) is 11.7 Å². The van der Waals surface area contributed by atoms with Gasteiger partial charge in [-0.2, -0.15) is 4.98 Å². The molecule has 0 spiro atoms. The third-order valence-electron chi connectivity index (χ3n) is 4.30. The zero-order chi connectivity index (χ0) is 23.1. The highest BCUT2D eigenvalue weighted by Crippen LogP contribution is 2.19. The van der Waals surface area contributed by atoms with E-state index >= 15 is 0 Å². The molecular formula is C21H23N5O5S. The number of rotatable bonds is 9. The van der Waals surface area contributed by atoms with E-state index in [0.29, 0.717) is 39.8 Å². The van der Waals surface area contributed by atoms with Crippen molar-refractivity contribution in [3.8, 4) is 11.4 Å². The number of aromatic nitrogens is 3. The molecule has 0 unspecified atom stereocenters. The molecule has 0 atom stereocenters. The van der Waals surface area contributed by atoms with Gasteiger partial charge in [0.05, 0.1) is 12.3 Å². The van der Waals surface area contributed by atoms with Gasteiger partial charge in [-0.3, -0.25) is 9.59 Å². The van der Waals surface area contributed by atoms with Gasteiger partial charge < -0.3 is 19.9 Å². The number of nitrogens with zero attached hydrogens (tertiary/aromatic N) is 3. The third kappa shape index (κ3) is 5.55. The smallest absolute Gasteiger partial charge is 0.350 e. The number of ether oxygens (including phenoxy) is 1. The Labute approximate surface area is 188 Å². The topological polar surface area (TPSA) is 136 Å². The predicted octanol–water partition coefficient (Wildman–Crippen LogP) is 2.40. The molecule has 32 heavy (non-hydrogen) atoms. The number of nitrogens with one attached hydrogen (secondary N) is 2. The summed E-state index contributed by atoms with van der Waals surface area (Å²) in [6.45, 7) is 5.92. The molecule has 0 aliphatic carbocycles. The zero-order valence-corrected chi connectivity index (χ0v) is 18.7. The van der Waals surface area contributed by atoms with Crippen molar-refractivity contribution >= 4 is 29.1 Å². The van der Waals surface area contributed by atoms with Gasteiger partial charge in [0.25, 0.3) is 11.8 Å². The molecule has 0 fully saturated rings. The molecule has 0 aliphatic heterocycles. The number of benzene rings is 1. The van der Waals surface area contributed by atoms with Crippen LogP contribution in [-0.4, -0.2) is 52.6 Å². The van der Waals surface area contributed by atoms with Crippen LogP contribution < -0.4 is 10.6 Å². The molecule has 168 valence electrons. The lowest BCUT2D eigenvalue weighted by Crippen LogP contribution is -2.34. The van der Waals surface area contributed by atoms with Gasteiger partial charge in [0.15, 0.2) is 5.01 Å². The van der Waals surface area contributed by atoms with E-state index in [1.54, 1.807) is 38.1 Å². The summed E-state index contributed by atoms with van der Waals surface area (Å²) in [6.07, 6.45) is 0.629. The summed E-state index contributed by atoms with van der Waals surface area (Å²) in [5.74, 6) is -0.272. The van der Waals surface area contributed by atoms with E-state index in [2.05, 4.69) is 25.8 Å². The van der Waals surface area contributed by atoms with Crippen LogP contribution in [0.4, 0.5) is 0 Å². The summed E-state index contributed by atoms with van der Waals surface area (Å²) >= 11 is 0.975. The van der Waals surface area contributed by atoms with Crippen molar-refractivity contribution in [3.05, 3.63) is 51.3 Å². The minimum absolute atomic E-state index is 0.163. The van der Waals surface area contributed by atoms with Crippen LogP contribution >= 0.6 is 11.3 Å². The van der Waals surface area contributed by atoms with Crippen molar-refractivity contribution < 1.29 is 23.6 Å². The molecule has 3 aromatic rings. The van der Waals surface area contributed by atoms with Crippen molar-refractivity contribution in [2.75, 3.05) is 19.7 Å². The number of carbonyl (C=O) groups is 3. The number of aryl methyl sites for hydroxylation is 2. The molecule has 2 N–H and O–H groups in total. The molecule has 0 bridgehead atoms. The summed E-state index contributed by atoms with van der Waals surface area (Å²) in [5, 5.41) is 9.49. The van der Waals surface area contributed by atoms with E-state index in [0.717, 1.165) is 11.3 Å². The van der Waals surface area contributed by atoms with Crippen LogP contribution in [0.25, 0.3) is 11.4 Å². The lowest BCUT2D eigenvalue weighted by molar-refractivity contribution is 0.0530. The number of thiazole rings is 1. The van der Waals surface area contributed by atoms with Crippen LogP contribution in [0.5, 0.6) is 0 Å². The van der Waals surface area contributed by atoms with Gasteiger partial charge in [-0.25, -0.2) is 9.78 Å². The SMILES string of the molecule is CCOC(=O)c1sc(C(=O)NCCNC(=O)c2cccc(-c3noc(CC)n3)c2)nc1C. The first-order chi connectivity index (χ1) is 15.4. The minimum Gasteiger partial charge on any atom is -0.462 e. The van der Waals surface area contributed by atoms with Crippen molar-refractivity contribution in [1.82, 2.24) is 25.8 Å². The molecule has 0 aliphatic rings. The Morgan fingerprint density at radius 2 is 1.84 bits per heavy atom. The number of amides is 2. The predicted molar refractivity (Wildman–Crippen MR) is 117 cm³/mol. The molecule has 0 saturated carbocycles. The highest BCUT2D eigenvalue weighted by Gasteiger charge is 2.20.